The molecule has 0 unspecified atom stereocenters. The van der Waals surface area contributed by atoms with Crippen LogP contribution in [0.2, 0.25) is 0 Å². The van der Waals surface area contributed by atoms with Gasteiger partial charge in [-0.05, 0) is 0 Å². The summed E-state index contributed by atoms with van der Waals surface area (Å²) in [6.07, 6.45) is -2.96. The van der Waals surface area contributed by atoms with Gasteiger partial charge in [0.25, 0.3) is 0 Å². The van der Waals surface area contributed by atoms with E-state index in [1.807, 2.05) is 0 Å². The van der Waals surface area contributed by atoms with Crippen LogP contribution in [0.15, 0.2) is 0 Å². The number of rotatable bonds is 1. The molecule has 1 heterocycles. The standard InChI is InChI=1S/C6H12ClNO3/c7-1-3-5(10)6(11)4(9)2-8-3/h3-6,8-11H,1-2H2/t3-,4-,5+,6+/m0/s1. The van der Waals surface area contributed by atoms with Gasteiger partial charge in [0.05, 0.1) is 12.2 Å². The zero-order chi connectivity index (χ0) is 8.43. The average molecular weight is 182 g/mol. The molecule has 0 bridgehead atoms. The summed E-state index contributed by atoms with van der Waals surface area (Å²) < 4.78 is 0. The van der Waals surface area contributed by atoms with Crippen molar-refractivity contribution in [3.8, 4) is 0 Å². The summed E-state index contributed by atoms with van der Waals surface area (Å²) in [5, 5.41) is 30.3. The average Bonchev–Trinajstić information content (AvgIpc) is 2.01. The summed E-state index contributed by atoms with van der Waals surface area (Å²) >= 11 is 5.47. The number of piperidine rings is 1. The molecule has 0 aromatic rings. The summed E-state index contributed by atoms with van der Waals surface area (Å²) in [5.74, 6) is 0.227. The van der Waals surface area contributed by atoms with Crippen LogP contribution in [0.3, 0.4) is 0 Å². The molecule has 0 aromatic carbocycles. The van der Waals surface area contributed by atoms with Crippen molar-refractivity contribution in [1.29, 1.82) is 0 Å². The van der Waals surface area contributed by atoms with Gasteiger partial charge in [0.1, 0.15) is 6.10 Å². The molecule has 0 aromatic heterocycles. The van der Waals surface area contributed by atoms with Crippen LogP contribution < -0.4 is 5.32 Å². The molecule has 4 atom stereocenters. The van der Waals surface area contributed by atoms with E-state index in [2.05, 4.69) is 5.32 Å². The van der Waals surface area contributed by atoms with Gasteiger partial charge in [-0.1, -0.05) is 0 Å². The maximum atomic E-state index is 9.25. The maximum Gasteiger partial charge on any atom is 0.109 e. The SMILES string of the molecule is O[C@H]1[C@H](O)[C@@H](O)CN[C@H]1CCl. The Hall–Kier alpha value is 0.130. The van der Waals surface area contributed by atoms with Gasteiger partial charge in [0.2, 0.25) is 0 Å². The summed E-state index contributed by atoms with van der Waals surface area (Å²) in [6, 6.07) is -0.324. The predicted octanol–water partition coefficient (Wildman–Crippen LogP) is -1.72. The molecule has 11 heavy (non-hydrogen) atoms. The van der Waals surface area contributed by atoms with Crippen LogP contribution in [0.1, 0.15) is 0 Å². The molecular formula is C6H12ClNO3. The Balaban J connectivity index is 2.52. The summed E-state index contributed by atoms with van der Waals surface area (Å²) in [4.78, 5) is 0. The smallest absolute Gasteiger partial charge is 0.109 e. The normalized spacial score (nSPS) is 45.8. The van der Waals surface area contributed by atoms with Crippen molar-refractivity contribution in [2.75, 3.05) is 12.4 Å². The third-order valence-electron chi connectivity index (χ3n) is 1.91. The number of nitrogens with one attached hydrogen (secondary N) is 1. The van der Waals surface area contributed by atoms with Gasteiger partial charge in [-0.2, -0.15) is 0 Å². The number of aliphatic hydroxyl groups excluding tert-OH is 3. The molecule has 0 saturated carbocycles. The maximum absolute atomic E-state index is 9.25. The summed E-state index contributed by atoms with van der Waals surface area (Å²) in [7, 11) is 0. The first kappa shape index (κ1) is 9.22. The Morgan fingerprint density at radius 2 is 1.91 bits per heavy atom. The van der Waals surface area contributed by atoms with Gasteiger partial charge in [0.15, 0.2) is 0 Å². The fourth-order valence-corrected chi connectivity index (χ4v) is 1.42. The topological polar surface area (TPSA) is 72.7 Å². The fourth-order valence-electron chi connectivity index (χ4n) is 1.13. The first-order valence-electron chi connectivity index (χ1n) is 3.50. The Labute approximate surface area is 69.8 Å². The van der Waals surface area contributed by atoms with Crippen LogP contribution in [0.5, 0.6) is 0 Å². The Bertz CT molecular complexity index is 133. The molecule has 0 radical (unpaired) electrons. The van der Waals surface area contributed by atoms with Crippen molar-refractivity contribution in [3.05, 3.63) is 0 Å². The zero-order valence-corrected chi connectivity index (χ0v) is 6.70. The van der Waals surface area contributed by atoms with E-state index in [1.54, 1.807) is 0 Å². The highest BCUT2D eigenvalue weighted by atomic mass is 35.5. The molecule has 4 nitrogen and oxygen atoms in total. The highest BCUT2D eigenvalue weighted by molar-refractivity contribution is 6.18. The molecule has 1 rings (SSSR count). The Morgan fingerprint density at radius 1 is 1.27 bits per heavy atom. The lowest BCUT2D eigenvalue weighted by molar-refractivity contribution is -0.0904. The quantitative estimate of drug-likeness (QED) is 0.363. The lowest BCUT2D eigenvalue weighted by atomic mass is 9.97. The van der Waals surface area contributed by atoms with E-state index in [9.17, 15) is 5.11 Å². The zero-order valence-electron chi connectivity index (χ0n) is 5.94. The fraction of sp³-hybridized carbons (Fsp3) is 1.00. The van der Waals surface area contributed by atoms with Crippen molar-refractivity contribution in [2.45, 2.75) is 24.4 Å². The number of halogens is 1. The third kappa shape index (κ3) is 1.83. The van der Waals surface area contributed by atoms with Crippen LogP contribution in [0.25, 0.3) is 0 Å². The minimum atomic E-state index is -1.08. The largest absolute Gasteiger partial charge is 0.389 e. The number of hydrogen-bond donors (Lipinski definition) is 4. The van der Waals surface area contributed by atoms with E-state index in [0.29, 0.717) is 0 Å². The van der Waals surface area contributed by atoms with Gasteiger partial charge in [-0.15, -0.1) is 11.6 Å². The van der Waals surface area contributed by atoms with Crippen molar-refractivity contribution in [3.63, 3.8) is 0 Å². The molecule has 1 fully saturated rings. The van der Waals surface area contributed by atoms with Gasteiger partial charge >= 0.3 is 0 Å². The second-order valence-electron chi connectivity index (χ2n) is 2.72. The molecule has 0 aliphatic carbocycles. The van der Waals surface area contributed by atoms with Crippen molar-refractivity contribution in [2.24, 2.45) is 0 Å². The molecule has 1 aliphatic heterocycles. The Kier molecular flexibility index (Phi) is 3.09. The van der Waals surface area contributed by atoms with E-state index in [4.69, 9.17) is 21.8 Å². The molecule has 4 N–H and O–H groups in total. The molecule has 0 amide bonds. The number of β-amino-alcohol motifs (C(OH)–C–C–N with tert-alkyl or cyclic N) is 1. The molecular weight excluding hydrogens is 170 g/mol. The lowest BCUT2D eigenvalue weighted by Crippen LogP contribution is -2.60. The monoisotopic (exact) mass is 181 g/mol. The van der Waals surface area contributed by atoms with E-state index in [0.717, 1.165) is 0 Å². The molecule has 1 aliphatic rings. The van der Waals surface area contributed by atoms with Crippen LogP contribution in [-0.2, 0) is 0 Å². The number of alkyl halides is 1. The highest BCUT2D eigenvalue weighted by Gasteiger charge is 2.35. The van der Waals surface area contributed by atoms with Crippen LogP contribution >= 0.6 is 11.6 Å². The van der Waals surface area contributed by atoms with E-state index >= 15 is 0 Å². The van der Waals surface area contributed by atoms with Crippen molar-refractivity contribution >= 4 is 11.6 Å². The third-order valence-corrected chi connectivity index (χ3v) is 2.24. The Morgan fingerprint density at radius 3 is 2.45 bits per heavy atom. The molecule has 5 heteroatoms. The van der Waals surface area contributed by atoms with Crippen molar-refractivity contribution < 1.29 is 15.3 Å². The molecule has 1 saturated heterocycles. The van der Waals surface area contributed by atoms with Crippen LogP contribution in [0, 0.1) is 0 Å². The van der Waals surface area contributed by atoms with Gasteiger partial charge < -0.3 is 20.6 Å². The minimum absolute atomic E-state index is 0.227. The van der Waals surface area contributed by atoms with Gasteiger partial charge in [-0.25, -0.2) is 0 Å². The molecule has 0 spiro atoms. The first-order chi connectivity index (χ1) is 5.16. The van der Waals surface area contributed by atoms with Gasteiger partial charge in [0, 0.05) is 18.5 Å². The highest BCUT2D eigenvalue weighted by Crippen LogP contribution is 2.11. The lowest BCUT2D eigenvalue weighted by Gasteiger charge is -2.34. The van der Waals surface area contributed by atoms with E-state index in [1.165, 1.54) is 0 Å². The second-order valence-corrected chi connectivity index (χ2v) is 3.03. The number of aliphatic hydroxyl groups is 3. The van der Waals surface area contributed by atoms with E-state index < -0.39 is 18.3 Å². The number of hydrogen-bond acceptors (Lipinski definition) is 4. The van der Waals surface area contributed by atoms with Gasteiger partial charge in [-0.3, -0.25) is 0 Å². The van der Waals surface area contributed by atoms with Crippen molar-refractivity contribution in [1.82, 2.24) is 5.32 Å². The predicted molar refractivity (Wildman–Crippen MR) is 40.5 cm³/mol. The first-order valence-corrected chi connectivity index (χ1v) is 4.04. The minimum Gasteiger partial charge on any atom is -0.389 e. The summed E-state index contributed by atoms with van der Waals surface area (Å²) in [5.41, 5.74) is 0. The second kappa shape index (κ2) is 3.69. The van der Waals surface area contributed by atoms with Crippen LogP contribution in [-0.4, -0.2) is 52.1 Å². The molecule has 66 valence electrons. The van der Waals surface area contributed by atoms with Crippen LogP contribution in [0.4, 0.5) is 0 Å². The van der Waals surface area contributed by atoms with E-state index in [-0.39, 0.29) is 18.5 Å². The summed E-state index contributed by atoms with van der Waals surface area (Å²) in [6.45, 7) is 0.273.